The van der Waals surface area contributed by atoms with Crippen LogP contribution in [0.25, 0.3) is 0 Å². The van der Waals surface area contributed by atoms with Crippen LogP contribution < -0.4 is 0 Å². The Morgan fingerprint density at radius 2 is 2.00 bits per heavy atom. The molecule has 0 saturated heterocycles. The first-order valence-corrected chi connectivity index (χ1v) is 4.27. The molecule has 58 valence electrons. The van der Waals surface area contributed by atoms with Gasteiger partial charge in [-0.25, -0.2) is 0 Å². The first kappa shape index (κ1) is 9.37. The van der Waals surface area contributed by atoms with Gasteiger partial charge in [-0.2, -0.15) is 0 Å². The first-order chi connectivity index (χ1) is 4.57. The van der Waals surface area contributed by atoms with Crippen LogP contribution >= 0.6 is 8.58 Å². The number of rotatable bonds is 4. The molecule has 2 N–H and O–H groups in total. The molecule has 0 amide bonds. The van der Waals surface area contributed by atoms with Gasteiger partial charge >= 0.3 is 11.9 Å². The Morgan fingerprint density at radius 3 is 2.10 bits per heavy atom. The molecule has 0 aliphatic carbocycles. The molecule has 0 aromatic rings. The van der Waals surface area contributed by atoms with E-state index in [9.17, 15) is 9.59 Å². The Kier molecular flexibility index (Phi) is 3.96. The molecule has 0 aliphatic rings. The summed E-state index contributed by atoms with van der Waals surface area (Å²) in [6.45, 7) is 1.68. The van der Waals surface area contributed by atoms with Crippen molar-refractivity contribution in [2.75, 3.05) is 6.66 Å². The summed E-state index contributed by atoms with van der Waals surface area (Å²) < 4.78 is 0. The zero-order chi connectivity index (χ0) is 8.15. The average Bonchev–Trinajstić information content (AvgIpc) is 1.81. The van der Waals surface area contributed by atoms with Crippen LogP contribution in [0.15, 0.2) is 0 Å². The fraction of sp³-hybridized carbons (Fsp3) is 0.600. The summed E-state index contributed by atoms with van der Waals surface area (Å²) in [6, 6.07) is 0. The molecule has 2 atom stereocenters. The number of hydrogen-bond acceptors (Lipinski definition) is 2. The van der Waals surface area contributed by atoms with Crippen molar-refractivity contribution < 1.29 is 19.8 Å². The van der Waals surface area contributed by atoms with Crippen molar-refractivity contribution in [2.24, 2.45) is 0 Å². The number of carbonyl (C=O) groups is 2. The standard InChI is InChI=1S/C5H9O4P/c1-10-3(5(8)9)2-4(6)7/h3,10H,2H2,1H3,(H,6,7)(H,8,9). The minimum absolute atomic E-state index is 0.142. The number of carboxylic acids is 2. The van der Waals surface area contributed by atoms with Crippen LogP contribution in [0.1, 0.15) is 6.42 Å². The summed E-state index contributed by atoms with van der Waals surface area (Å²) in [4.78, 5) is 20.2. The van der Waals surface area contributed by atoms with Crippen LogP contribution in [-0.2, 0) is 9.59 Å². The molecule has 0 fully saturated rings. The van der Waals surface area contributed by atoms with E-state index in [2.05, 4.69) is 0 Å². The highest BCUT2D eigenvalue weighted by Gasteiger charge is 2.17. The minimum atomic E-state index is -1.05. The Balaban J connectivity index is 3.83. The Bertz CT molecular complexity index is 145. The minimum Gasteiger partial charge on any atom is -0.481 e. The van der Waals surface area contributed by atoms with E-state index < -0.39 is 17.6 Å². The highest BCUT2D eigenvalue weighted by atomic mass is 31.1. The van der Waals surface area contributed by atoms with Crippen molar-refractivity contribution in [2.45, 2.75) is 12.1 Å². The molecule has 5 heteroatoms. The zero-order valence-electron chi connectivity index (χ0n) is 5.50. The smallest absolute Gasteiger partial charge is 0.311 e. The van der Waals surface area contributed by atoms with Gasteiger partial charge in [0.1, 0.15) is 0 Å². The summed E-state index contributed by atoms with van der Waals surface area (Å²) in [5, 5.41) is 16.6. The number of hydrogen-bond donors (Lipinski definition) is 2. The summed E-state index contributed by atoms with van der Waals surface area (Å²) in [5.74, 6) is -2.08. The van der Waals surface area contributed by atoms with Gasteiger partial charge < -0.3 is 10.2 Å². The lowest BCUT2D eigenvalue weighted by molar-refractivity contribution is -0.143. The third kappa shape index (κ3) is 3.41. The highest BCUT2D eigenvalue weighted by molar-refractivity contribution is 7.39. The number of carboxylic acid groups (broad SMARTS) is 2. The maximum absolute atomic E-state index is 10.2. The summed E-state index contributed by atoms with van der Waals surface area (Å²) in [7, 11) is 0.142. The largest absolute Gasteiger partial charge is 0.481 e. The van der Waals surface area contributed by atoms with E-state index in [1.807, 2.05) is 0 Å². The second-order valence-electron chi connectivity index (χ2n) is 1.78. The van der Waals surface area contributed by atoms with E-state index in [1.165, 1.54) is 0 Å². The van der Waals surface area contributed by atoms with Crippen LogP contribution in [0.4, 0.5) is 0 Å². The molecule has 0 rings (SSSR count). The summed E-state index contributed by atoms with van der Waals surface area (Å²) in [5.41, 5.74) is -0.711. The molecule has 0 spiro atoms. The maximum atomic E-state index is 10.2. The van der Waals surface area contributed by atoms with Crippen LogP contribution in [0.2, 0.25) is 0 Å². The first-order valence-electron chi connectivity index (χ1n) is 2.69. The van der Waals surface area contributed by atoms with Gasteiger partial charge in [0.25, 0.3) is 0 Å². The lowest BCUT2D eigenvalue weighted by atomic mass is 10.3. The van der Waals surface area contributed by atoms with Crippen molar-refractivity contribution in [1.82, 2.24) is 0 Å². The molecular weight excluding hydrogens is 155 g/mol. The predicted octanol–water partition coefficient (Wildman–Crippen LogP) is 0.223. The molecule has 10 heavy (non-hydrogen) atoms. The van der Waals surface area contributed by atoms with E-state index in [-0.39, 0.29) is 15.0 Å². The molecular formula is C5H9O4P. The Labute approximate surface area is 60.0 Å². The molecule has 0 bridgehead atoms. The quantitative estimate of drug-likeness (QED) is 0.583. The fourth-order valence-electron chi connectivity index (χ4n) is 0.487. The molecule has 0 aromatic carbocycles. The lowest BCUT2D eigenvalue weighted by Crippen LogP contribution is -2.18. The third-order valence-electron chi connectivity index (χ3n) is 1.03. The van der Waals surface area contributed by atoms with Gasteiger partial charge in [0.15, 0.2) is 0 Å². The second-order valence-corrected chi connectivity index (χ2v) is 3.05. The highest BCUT2D eigenvalue weighted by Crippen LogP contribution is 2.17. The van der Waals surface area contributed by atoms with Gasteiger partial charge in [-0.05, 0) is 6.66 Å². The summed E-state index contributed by atoms with van der Waals surface area (Å²) >= 11 is 0. The molecule has 0 saturated carbocycles. The second kappa shape index (κ2) is 4.23. The van der Waals surface area contributed by atoms with Crippen molar-refractivity contribution >= 4 is 20.5 Å². The van der Waals surface area contributed by atoms with Crippen LogP contribution in [-0.4, -0.2) is 34.5 Å². The van der Waals surface area contributed by atoms with E-state index in [0.717, 1.165) is 0 Å². The topological polar surface area (TPSA) is 74.6 Å². The van der Waals surface area contributed by atoms with Gasteiger partial charge in [0.2, 0.25) is 0 Å². The monoisotopic (exact) mass is 164 g/mol. The maximum Gasteiger partial charge on any atom is 0.311 e. The molecule has 2 unspecified atom stereocenters. The van der Waals surface area contributed by atoms with Gasteiger partial charge in [0.05, 0.1) is 12.1 Å². The predicted molar refractivity (Wildman–Crippen MR) is 37.9 cm³/mol. The Hall–Kier alpha value is -0.630. The van der Waals surface area contributed by atoms with Gasteiger partial charge in [-0.1, -0.05) is 0 Å². The number of aliphatic carboxylic acids is 2. The van der Waals surface area contributed by atoms with Gasteiger partial charge in [0, 0.05) is 0 Å². The lowest BCUT2D eigenvalue weighted by Gasteiger charge is -2.04. The molecule has 4 nitrogen and oxygen atoms in total. The van der Waals surface area contributed by atoms with Crippen LogP contribution in [0.3, 0.4) is 0 Å². The van der Waals surface area contributed by atoms with Crippen LogP contribution in [0, 0.1) is 0 Å². The molecule has 0 heterocycles. The fourth-order valence-corrected chi connectivity index (χ4v) is 1.11. The van der Waals surface area contributed by atoms with E-state index in [4.69, 9.17) is 10.2 Å². The van der Waals surface area contributed by atoms with Gasteiger partial charge in [-0.15, -0.1) is 8.58 Å². The van der Waals surface area contributed by atoms with Crippen molar-refractivity contribution in [3.05, 3.63) is 0 Å². The van der Waals surface area contributed by atoms with Crippen molar-refractivity contribution in [3.8, 4) is 0 Å². The third-order valence-corrected chi connectivity index (χ3v) is 2.17. The van der Waals surface area contributed by atoms with E-state index in [0.29, 0.717) is 0 Å². The zero-order valence-corrected chi connectivity index (χ0v) is 6.50. The van der Waals surface area contributed by atoms with Crippen molar-refractivity contribution in [1.29, 1.82) is 0 Å². The normalized spacial score (nSPS) is 13.7. The van der Waals surface area contributed by atoms with E-state index in [1.54, 1.807) is 6.66 Å². The average molecular weight is 164 g/mol. The SMILES string of the molecule is CPC(CC(=O)O)C(=O)O. The molecule has 0 aliphatic heterocycles. The van der Waals surface area contributed by atoms with Gasteiger partial charge in [-0.3, -0.25) is 9.59 Å². The van der Waals surface area contributed by atoms with E-state index >= 15 is 0 Å². The molecule has 0 aromatic heterocycles. The van der Waals surface area contributed by atoms with Crippen molar-refractivity contribution in [3.63, 3.8) is 0 Å². The molecule has 0 radical (unpaired) electrons. The summed E-state index contributed by atoms with van der Waals surface area (Å²) in [6.07, 6.45) is -0.274. The van der Waals surface area contributed by atoms with Crippen LogP contribution in [0.5, 0.6) is 0 Å². The Morgan fingerprint density at radius 1 is 1.50 bits per heavy atom.